The van der Waals surface area contributed by atoms with E-state index in [0.29, 0.717) is 12.5 Å². The van der Waals surface area contributed by atoms with Crippen molar-refractivity contribution in [2.45, 2.75) is 52.2 Å². The van der Waals surface area contributed by atoms with Gasteiger partial charge in [0.05, 0.1) is 24.1 Å². The van der Waals surface area contributed by atoms with Gasteiger partial charge in [0, 0.05) is 57.5 Å². The monoisotopic (exact) mass is 566 g/mol. The Hall–Kier alpha value is -3.68. The van der Waals surface area contributed by atoms with Crippen LogP contribution in [0.2, 0.25) is 0 Å². The number of imidazole rings is 1. The van der Waals surface area contributed by atoms with E-state index >= 15 is 0 Å². The molecule has 0 radical (unpaired) electrons. The van der Waals surface area contributed by atoms with Crippen LogP contribution in [-0.2, 0) is 16.1 Å². The first kappa shape index (κ1) is 28.4. The van der Waals surface area contributed by atoms with E-state index in [1.807, 2.05) is 19.1 Å². The molecule has 2 unspecified atom stereocenters. The summed E-state index contributed by atoms with van der Waals surface area (Å²) in [7, 11) is 1.77. The summed E-state index contributed by atoms with van der Waals surface area (Å²) < 4.78 is 13.6. The molecule has 1 aliphatic heterocycles. The number of carbonyl (C=O) groups is 1. The first-order chi connectivity index (χ1) is 20.5. The number of benzene rings is 2. The Balaban J connectivity index is 1.26. The minimum Gasteiger partial charge on any atom is -0.494 e. The van der Waals surface area contributed by atoms with Crippen LogP contribution in [0.15, 0.2) is 66.9 Å². The lowest BCUT2D eigenvalue weighted by molar-refractivity contribution is -0.140. The van der Waals surface area contributed by atoms with Crippen LogP contribution in [0.1, 0.15) is 43.9 Å². The van der Waals surface area contributed by atoms with E-state index in [0.717, 1.165) is 92.2 Å². The van der Waals surface area contributed by atoms with Gasteiger partial charge in [-0.1, -0.05) is 48.4 Å². The van der Waals surface area contributed by atoms with Gasteiger partial charge in [-0.05, 0) is 68.5 Å². The number of methoxy groups -OCH3 is 1. The Morgan fingerprint density at radius 2 is 1.74 bits per heavy atom. The van der Waals surface area contributed by atoms with E-state index in [1.165, 1.54) is 11.3 Å². The molecule has 220 valence electrons. The summed E-state index contributed by atoms with van der Waals surface area (Å²) in [5, 5.41) is 0. The van der Waals surface area contributed by atoms with Crippen LogP contribution in [-0.4, -0.2) is 71.1 Å². The molecular formula is C35H42N4O3. The summed E-state index contributed by atoms with van der Waals surface area (Å²) in [6, 6.07) is 21.1. The molecule has 2 aliphatic rings. The van der Waals surface area contributed by atoms with Crippen molar-refractivity contribution < 1.29 is 14.3 Å². The number of aryl methyl sites for hydroxylation is 1. The van der Waals surface area contributed by atoms with E-state index in [2.05, 4.69) is 75.9 Å². The number of aromatic nitrogens is 2. The molecule has 2 fully saturated rings. The molecule has 2 aromatic heterocycles. The third-order valence-electron chi connectivity index (χ3n) is 8.89. The fourth-order valence-electron chi connectivity index (χ4n) is 6.47. The molecule has 2 aromatic carbocycles. The van der Waals surface area contributed by atoms with E-state index in [-0.39, 0.29) is 12.0 Å². The fraction of sp³-hybridized carbons (Fsp3) is 0.429. The van der Waals surface area contributed by atoms with Crippen LogP contribution in [0.3, 0.4) is 0 Å². The molecule has 7 heteroatoms. The number of amides is 1. The van der Waals surface area contributed by atoms with Crippen molar-refractivity contribution in [3.63, 3.8) is 0 Å². The molecule has 0 N–H and O–H groups in total. The highest BCUT2D eigenvalue weighted by Crippen LogP contribution is 2.31. The topological polar surface area (TPSA) is 59.3 Å². The van der Waals surface area contributed by atoms with Crippen molar-refractivity contribution >= 4 is 11.6 Å². The van der Waals surface area contributed by atoms with E-state index in [9.17, 15) is 4.79 Å². The maximum absolute atomic E-state index is 13.3. The molecular weight excluding hydrogens is 524 g/mol. The molecule has 3 heterocycles. The predicted molar refractivity (Wildman–Crippen MR) is 167 cm³/mol. The number of pyridine rings is 1. The number of nitrogens with zero attached hydrogens (tertiary/aromatic N) is 4. The second-order valence-corrected chi connectivity index (χ2v) is 11.7. The van der Waals surface area contributed by atoms with Gasteiger partial charge in [-0.3, -0.25) is 9.69 Å². The minimum absolute atomic E-state index is 0.0989. The van der Waals surface area contributed by atoms with E-state index in [4.69, 9.17) is 14.5 Å². The van der Waals surface area contributed by atoms with Crippen molar-refractivity contribution in [1.29, 1.82) is 0 Å². The highest BCUT2D eigenvalue weighted by molar-refractivity contribution is 5.79. The molecule has 6 rings (SSSR count). The van der Waals surface area contributed by atoms with Crippen LogP contribution in [0.4, 0.5) is 0 Å². The van der Waals surface area contributed by atoms with E-state index in [1.54, 1.807) is 7.11 Å². The smallest absolute Gasteiger partial charge is 0.225 e. The van der Waals surface area contributed by atoms with Crippen molar-refractivity contribution in [3.05, 3.63) is 78.1 Å². The average molecular weight is 567 g/mol. The molecule has 1 saturated carbocycles. The Morgan fingerprint density at radius 3 is 2.50 bits per heavy atom. The lowest BCUT2D eigenvalue weighted by Crippen LogP contribution is -2.50. The Labute approximate surface area is 249 Å². The van der Waals surface area contributed by atoms with Crippen molar-refractivity contribution in [2.24, 2.45) is 5.92 Å². The number of fused-ring (bicyclic) bond motifs is 1. The Bertz CT molecular complexity index is 1520. The standard InChI is InChI=1S/C35H42N4O3/c1-4-42-31-10-5-7-27(21-31)29-15-16-33-36-34(26-13-11-25(2)12-14-26)32(39(33)23-29)24-37-17-19-38(20-18-37)35(40)28-8-6-9-30(22-28)41-3/h5,7,10-16,21,23,28,30H,4,6,8-9,17-20,22,24H2,1-3H3. The number of hydrogen-bond donors (Lipinski definition) is 0. The van der Waals surface area contributed by atoms with Gasteiger partial charge in [-0.25, -0.2) is 4.98 Å². The molecule has 4 aromatic rings. The number of rotatable bonds is 8. The maximum Gasteiger partial charge on any atom is 0.225 e. The van der Waals surface area contributed by atoms with Crippen LogP contribution in [0.5, 0.6) is 5.75 Å². The van der Waals surface area contributed by atoms with Gasteiger partial charge in [0.15, 0.2) is 0 Å². The zero-order valence-electron chi connectivity index (χ0n) is 25.1. The highest BCUT2D eigenvalue weighted by atomic mass is 16.5. The summed E-state index contributed by atoms with van der Waals surface area (Å²) in [5.41, 5.74) is 7.71. The number of ether oxygens (including phenoxy) is 2. The SMILES string of the molecule is CCOc1cccc(-c2ccc3nc(-c4ccc(C)cc4)c(CN4CCN(C(=O)C5CCCC(OC)C5)CC4)n3c2)c1. The summed E-state index contributed by atoms with van der Waals surface area (Å²) in [6.07, 6.45) is 6.40. The number of carbonyl (C=O) groups excluding carboxylic acids is 1. The average Bonchev–Trinajstić information content (AvgIpc) is 3.39. The van der Waals surface area contributed by atoms with Gasteiger partial charge in [-0.2, -0.15) is 0 Å². The summed E-state index contributed by atoms with van der Waals surface area (Å²) in [6.45, 7) is 8.75. The molecule has 7 nitrogen and oxygen atoms in total. The fourth-order valence-corrected chi connectivity index (χ4v) is 6.47. The zero-order chi connectivity index (χ0) is 29.1. The second-order valence-electron chi connectivity index (χ2n) is 11.7. The van der Waals surface area contributed by atoms with Gasteiger partial charge in [-0.15, -0.1) is 0 Å². The summed E-state index contributed by atoms with van der Waals surface area (Å²) in [4.78, 5) is 23.0. The first-order valence-electron chi connectivity index (χ1n) is 15.4. The first-order valence-corrected chi connectivity index (χ1v) is 15.4. The van der Waals surface area contributed by atoms with Crippen molar-refractivity contribution in [2.75, 3.05) is 39.9 Å². The van der Waals surface area contributed by atoms with Crippen molar-refractivity contribution in [3.8, 4) is 28.1 Å². The third-order valence-corrected chi connectivity index (χ3v) is 8.89. The van der Waals surface area contributed by atoms with Crippen LogP contribution in [0, 0.1) is 12.8 Å². The van der Waals surface area contributed by atoms with Gasteiger partial charge in [0.25, 0.3) is 0 Å². The summed E-state index contributed by atoms with van der Waals surface area (Å²) in [5.74, 6) is 1.28. The predicted octanol–water partition coefficient (Wildman–Crippen LogP) is 6.22. The maximum atomic E-state index is 13.3. The van der Waals surface area contributed by atoms with Crippen LogP contribution >= 0.6 is 0 Å². The van der Waals surface area contributed by atoms with E-state index < -0.39 is 0 Å². The van der Waals surface area contributed by atoms with Crippen LogP contribution < -0.4 is 4.74 Å². The lowest BCUT2D eigenvalue weighted by Gasteiger charge is -2.38. The van der Waals surface area contributed by atoms with Gasteiger partial charge < -0.3 is 18.8 Å². The van der Waals surface area contributed by atoms with Gasteiger partial charge >= 0.3 is 0 Å². The molecule has 2 atom stereocenters. The van der Waals surface area contributed by atoms with Crippen LogP contribution in [0.25, 0.3) is 28.0 Å². The third kappa shape index (κ3) is 6.08. The van der Waals surface area contributed by atoms with Gasteiger partial charge in [0.2, 0.25) is 5.91 Å². The number of piperazine rings is 1. The molecule has 0 spiro atoms. The Morgan fingerprint density at radius 1 is 0.952 bits per heavy atom. The largest absolute Gasteiger partial charge is 0.494 e. The molecule has 0 bridgehead atoms. The Kier molecular flexibility index (Phi) is 8.58. The van der Waals surface area contributed by atoms with Crippen molar-refractivity contribution in [1.82, 2.24) is 19.2 Å². The quantitative estimate of drug-likeness (QED) is 0.253. The molecule has 1 saturated heterocycles. The highest BCUT2D eigenvalue weighted by Gasteiger charge is 2.32. The zero-order valence-corrected chi connectivity index (χ0v) is 25.1. The summed E-state index contributed by atoms with van der Waals surface area (Å²) >= 11 is 0. The minimum atomic E-state index is 0.0989. The normalized spacial score (nSPS) is 19.7. The molecule has 1 amide bonds. The van der Waals surface area contributed by atoms with Gasteiger partial charge in [0.1, 0.15) is 11.4 Å². The molecule has 42 heavy (non-hydrogen) atoms. The molecule has 1 aliphatic carbocycles. The second kappa shape index (κ2) is 12.7. The number of hydrogen-bond acceptors (Lipinski definition) is 5. The lowest BCUT2D eigenvalue weighted by atomic mass is 9.86.